The maximum absolute atomic E-state index is 5.36. The molecule has 7 nitrogen and oxygen atoms in total. The van der Waals surface area contributed by atoms with Crippen LogP contribution in [0.5, 0.6) is 0 Å². The Morgan fingerprint density at radius 3 is 2.88 bits per heavy atom. The Kier molecular flexibility index (Phi) is 4.18. The Morgan fingerprint density at radius 2 is 2.12 bits per heavy atom. The van der Waals surface area contributed by atoms with E-state index in [9.17, 15) is 0 Å². The highest BCUT2D eigenvalue weighted by molar-refractivity contribution is 5.38. The first kappa shape index (κ1) is 15.5. The van der Waals surface area contributed by atoms with Crippen molar-refractivity contribution < 1.29 is 4.52 Å². The first-order chi connectivity index (χ1) is 11.7. The molecule has 0 radical (unpaired) electrons. The quantitative estimate of drug-likeness (QED) is 0.832. The van der Waals surface area contributed by atoms with Crippen molar-refractivity contribution in [2.24, 2.45) is 0 Å². The number of hydrogen-bond donors (Lipinski definition) is 0. The van der Waals surface area contributed by atoms with Crippen molar-refractivity contribution in [1.82, 2.24) is 25.2 Å². The number of rotatable bonds is 5. The summed E-state index contributed by atoms with van der Waals surface area (Å²) < 4.78 is 5.36. The minimum atomic E-state index is 0.463. The first-order valence-electron chi connectivity index (χ1n) is 8.77. The van der Waals surface area contributed by atoms with Crippen molar-refractivity contribution in [3.63, 3.8) is 0 Å². The normalized spacial score (nSPS) is 21.5. The molecule has 2 fully saturated rings. The molecule has 0 N–H and O–H groups in total. The Labute approximate surface area is 142 Å². The summed E-state index contributed by atoms with van der Waals surface area (Å²) in [6, 6.07) is 4.55. The first-order valence-corrected chi connectivity index (χ1v) is 8.77. The third-order valence-corrected chi connectivity index (χ3v) is 4.93. The van der Waals surface area contributed by atoms with Crippen molar-refractivity contribution >= 4 is 5.82 Å². The van der Waals surface area contributed by atoms with Gasteiger partial charge >= 0.3 is 0 Å². The standard InChI is InChI=1S/C17H24N6O/c1-12-5-8-16(20-19-12)23-9-3-4-14(10-23)22(2)11-15-18-17(24-21-15)13-6-7-13/h5,8,13-14H,3-4,6-7,9-11H2,1-2H3/t14-/m1/s1. The van der Waals surface area contributed by atoms with Gasteiger partial charge in [0, 0.05) is 25.0 Å². The molecule has 7 heteroatoms. The van der Waals surface area contributed by atoms with Crippen LogP contribution in [0.1, 0.15) is 49.0 Å². The lowest BCUT2D eigenvalue weighted by Crippen LogP contribution is -2.46. The fourth-order valence-electron chi connectivity index (χ4n) is 3.26. The van der Waals surface area contributed by atoms with Crippen molar-refractivity contribution in [2.75, 3.05) is 25.0 Å². The zero-order valence-electron chi connectivity index (χ0n) is 14.4. The van der Waals surface area contributed by atoms with Crippen LogP contribution < -0.4 is 4.90 Å². The zero-order chi connectivity index (χ0) is 16.5. The summed E-state index contributed by atoms with van der Waals surface area (Å²) in [7, 11) is 2.14. The number of likely N-dealkylation sites (N-methyl/N-ethyl adjacent to an activating group) is 1. The van der Waals surface area contributed by atoms with Gasteiger partial charge in [-0.15, -0.1) is 5.10 Å². The summed E-state index contributed by atoms with van der Waals surface area (Å²) in [6.45, 7) is 4.69. The van der Waals surface area contributed by atoms with E-state index in [1.807, 2.05) is 13.0 Å². The Balaban J connectivity index is 1.38. The van der Waals surface area contributed by atoms with E-state index < -0.39 is 0 Å². The topological polar surface area (TPSA) is 71.2 Å². The SMILES string of the molecule is Cc1ccc(N2CCC[C@@H](N(C)Cc3noc(C4CC4)n3)C2)nn1. The monoisotopic (exact) mass is 328 g/mol. The summed E-state index contributed by atoms with van der Waals surface area (Å²) in [5, 5.41) is 12.6. The van der Waals surface area contributed by atoms with Gasteiger partial charge in [-0.3, -0.25) is 4.90 Å². The number of aryl methyl sites for hydroxylation is 1. The lowest BCUT2D eigenvalue weighted by atomic mass is 10.0. The van der Waals surface area contributed by atoms with E-state index in [4.69, 9.17) is 4.52 Å². The molecule has 1 saturated carbocycles. The molecule has 0 amide bonds. The average molecular weight is 328 g/mol. The lowest BCUT2D eigenvalue weighted by molar-refractivity contribution is 0.200. The fourth-order valence-corrected chi connectivity index (χ4v) is 3.26. The van der Waals surface area contributed by atoms with E-state index in [0.29, 0.717) is 12.0 Å². The fraction of sp³-hybridized carbons (Fsp3) is 0.647. The van der Waals surface area contributed by atoms with Crippen LogP contribution in [-0.4, -0.2) is 51.4 Å². The number of aromatic nitrogens is 4. The molecule has 0 bridgehead atoms. The van der Waals surface area contributed by atoms with Gasteiger partial charge in [0.05, 0.1) is 12.2 Å². The smallest absolute Gasteiger partial charge is 0.229 e. The molecule has 1 saturated heterocycles. The van der Waals surface area contributed by atoms with Crippen molar-refractivity contribution in [3.8, 4) is 0 Å². The molecule has 0 unspecified atom stereocenters. The lowest BCUT2D eigenvalue weighted by Gasteiger charge is -2.37. The summed E-state index contributed by atoms with van der Waals surface area (Å²) in [5.41, 5.74) is 0.952. The van der Waals surface area contributed by atoms with Crippen LogP contribution in [0.25, 0.3) is 0 Å². The van der Waals surface area contributed by atoms with Gasteiger partial charge in [-0.05, 0) is 51.8 Å². The minimum Gasteiger partial charge on any atom is -0.354 e. The highest BCUT2D eigenvalue weighted by atomic mass is 16.5. The summed E-state index contributed by atoms with van der Waals surface area (Å²) in [4.78, 5) is 9.19. The third kappa shape index (κ3) is 3.40. The molecule has 0 aromatic carbocycles. The highest BCUT2D eigenvalue weighted by Gasteiger charge is 2.30. The molecule has 24 heavy (non-hydrogen) atoms. The predicted molar refractivity (Wildman–Crippen MR) is 89.7 cm³/mol. The van der Waals surface area contributed by atoms with Crippen LogP contribution in [0.15, 0.2) is 16.7 Å². The molecule has 2 aromatic rings. The second-order valence-electron chi connectivity index (χ2n) is 7.01. The summed E-state index contributed by atoms with van der Waals surface area (Å²) >= 11 is 0. The van der Waals surface area contributed by atoms with E-state index in [-0.39, 0.29) is 0 Å². The van der Waals surface area contributed by atoms with E-state index in [2.05, 4.69) is 43.3 Å². The molecule has 0 spiro atoms. The van der Waals surface area contributed by atoms with Crippen LogP contribution in [0.4, 0.5) is 5.82 Å². The number of piperidine rings is 1. The van der Waals surface area contributed by atoms with Gasteiger partial charge in [0.15, 0.2) is 11.6 Å². The van der Waals surface area contributed by atoms with Gasteiger partial charge in [-0.2, -0.15) is 10.1 Å². The van der Waals surface area contributed by atoms with Crippen LogP contribution in [0, 0.1) is 6.92 Å². The summed E-state index contributed by atoms with van der Waals surface area (Å²) in [6.07, 6.45) is 4.71. The Morgan fingerprint density at radius 1 is 1.25 bits per heavy atom. The van der Waals surface area contributed by atoms with Gasteiger partial charge in [-0.1, -0.05) is 5.16 Å². The van der Waals surface area contributed by atoms with Gasteiger partial charge in [0.2, 0.25) is 5.89 Å². The average Bonchev–Trinajstić information content (AvgIpc) is 3.35. The van der Waals surface area contributed by atoms with E-state index in [1.54, 1.807) is 0 Å². The van der Waals surface area contributed by atoms with Crippen LogP contribution in [0.2, 0.25) is 0 Å². The number of nitrogens with zero attached hydrogens (tertiary/aromatic N) is 6. The van der Waals surface area contributed by atoms with E-state index in [1.165, 1.54) is 19.3 Å². The number of anilines is 1. The largest absolute Gasteiger partial charge is 0.354 e. The Hall–Kier alpha value is -2.02. The summed E-state index contributed by atoms with van der Waals surface area (Å²) in [5.74, 6) is 3.10. The second kappa shape index (κ2) is 6.47. The van der Waals surface area contributed by atoms with Crippen molar-refractivity contribution in [3.05, 3.63) is 29.5 Å². The minimum absolute atomic E-state index is 0.463. The molecule has 3 heterocycles. The van der Waals surface area contributed by atoms with Gasteiger partial charge in [-0.25, -0.2) is 0 Å². The molecule has 128 valence electrons. The molecule has 4 rings (SSSR count). The number of hydrogen-bond acceptors (Lipinski definition) is 7. The maximum Gasteiger partial charge on any atom is 0.229 e. The van der Waals surface area contributed by atoms with Crippen molar-refractivity contribution in [1.29, 1.82) is 0 Å². The van der Waals surface area contributed by atoms with Gasteiger partial charge < -0.3 is 9.42 Å². The van der Waals surface area contributed by atoms with Crippen molar-refractivity contribution in [2.45, 2.75) is 51.1 Å². The highest BCUT2D eigenvalue weighted by Crippen LogP contribution is 2.38. The van der Waals surface area contributed by atoms with E-state index >= 15 is 0 Å². The predicted octanol–water partition coefficient (Wildman–Crippen LogP) is 2.15. The molecule has 2 aromatic heterocycles. The molecule has 1 atom stereocenters. The molecule has 1 aliphatic heterocycles. The zero-order valence-corrected chi connectivity index (χ0v) is 14.4. The second-order valence-corrected chi connectivity index (χ2v) is 7.01. The van der Waals surface area contributed by atoms with Crippen LogP contribution >= 0.6 is 0 Å². The molecule has 2 aliphatic rings. The Bertz CT molecular complexity index is 681. The maximum atomic E-state index is 5.36. The van der Waals surface area contributed by atoms with Gasteiger partial charge in [0.1, 0.15) is 0 Å². The van der Waals surface area contributed by atoms with Gasteiger partial charge in [0.25, 0.3) is 0 Å². The van der Waals surface area contributed by atoms with Crippen LogP contribution in [0.3, 0.4) is 0 Å². The van der Waals surface area contributed by atoms with Crippen LogP contribution in [-0.2, 0) is 6.54 Å². The third-order valence-electron chi connectivity index (χ3n) is 4.93. The molecular formula is C17H24N6O. The molecule has 1 aliphatic carbocycles. The van der Waals surface area contributed by atoms with E-state index in [0.717, 1.165) is 49.3 Å². The molecular weight excluding hydrogens is 304 g/mol.